The molecule has 1 aromatic carbocycles. The first kappa shape index (κ1) is 13.2. The summed E-state index contributed by atoms with van der Waals surface area (Å²) in [6.45, 7) is 2.11. The molecule has 2 nitrogen and oxygen atoms in total. The topological polar surface area (TPSA) is 24.9 Å². The number of rotatable bonds is 3. The van der Waals surface area contributed by atoms with Crippen LogP contribution >= 0.6 is 43.2 Å². The number of hydrogen-bond acceptors (Lipinski definition) is 3. The number of thiazole rings is 1. The van der Waals surface area contributed by atoms with Gasteiger partial charge in [0, 0.05) is 25.9 Å². The van der Waals surface area contributed by atoms with Crippen LogP contribution in [0, 0.1) is 0 Å². The van der Waals surface area contributed by atoms with Gasteiger partial charge in [-0.15, -0.1) is 11.3 Å². The molecular weight excluding hydrogens is 364 g/mol. The normalized spacial score (nSPS) is 12.7. The highest BCUT2D eigenvalue weighted by Gasteiger charge is 2.10. The van der Waals surface area contributed by atoms with E-state index in [1.807, 2.05) is 13.1 Å². The molecule has 1 aromatic heterocycles. The number of nitrogens with zero attached hydrogens (tertiary/aromatic N) is 1. The highest BCUT2D eigenvalue weighted by molar-refractivity contribution is 9.13. The predicted molar refractivity (Wildman–Crippen MR) is 80.4 cm³/mol. The molecule has 90 valence electrons. The summed E-state index contributed by atoms with van der Waals surface area (Å²) in [7, 11) is 1.94. The Morgan fingerprint density at radius 1 is 1.29 bits per heavy atom. The molecule has 2 rings (SSSR count). The molecule has 0 bridgehead atoms. The van der Waals surface area contributed by atoms with E-state index in [0.29, 0.717) is 6.04 Å². The molecule has 1 unspecified atom stereocenters. The van der Waals surface area contributed by atoms with Gasteiger partial charge in [0.15, 0.2) is 0 Å². The zero-order valence-corrected chi connectivity index (χ0v) is 13.5. The molecule has 17 heavy (non-hydrogen) atoms. The number of aromatic nitrogens is 1. The van der Waals surface area contributed by atoms with Gasteiger partial charge in [0.2, 0.25) is 0 Å². The Morgan fingerprint density at radius 2 is 2.06 bits per heavy atom. The summed E-state index contributed by atoms with van der Waals surface area (Å²) in [6, 6.07) is 6.47. The first-order valence-electron chi connectivity index (χ1n) is 5.20. The standard InChI is InChI=1S/C12H12Br2N2S/c1-7(15-2)11-6-17-12(16-11)8-3-4-9(13)10(14)5-8/h3-7,15H,1-2H3. The maximum atomic E-state index is 4.64. The van der Waals surface area contributed by atoms with Crippen LogP contribution in [-0.2, 0) is 0 Å². The van der Waals surface area contributed by atoms with Gasteiger partial charge in [-0.05, 0) is 58.0 Å². The number of benzene rings is 1. The predicted octanol–water partition coefficient (Wildman–Crippen LogP) is 4.62. The zero-order valence-electron chi connectivity index (χ0n) is 9.50. The molecule has 0 saturated heterocycles. The Bertz CT molecular complexity index is 525. The van der Waals surface area contributed by atoms with E-state index in [1.54, 1.807) is 11.3 Å². The average molecular weight is 376 g/mol. The molecule has 0 radical (unpaired) electrons. The van der Waals surface area contributed by atoms with Crippen LogP contribution in [0.5, 0.6) is 0 Å². The molecule has 0 spiro atoms. The lowest BCUT2D eigenvalue weighted by atomic mass is 10.2. The smallest absolute Gasteiger partial charge is 0.123 e. The van der Waals surface area contributed by atoms with Crippen LogP contribution in [0.4, 0.5) is 0 Å². The molecule has 1 atom stereocenters. The van der Waals surface area contributed by atoms with Crippen molar-refractivity contribution >= 4 is 43.2 Å². The molecule has 1 N–H and O–H groups in total. The second kappa shape index (κ2) is 5.61. The fourth-order valence-corrected chi connectivity index (χ4v) is 2.93. The van der Waals surface area contributed by atoms with Crippen molar-refractivity contribution in [3.63, 3.8) is 0 Å². The summed E-state index contributed by atoms with van der Waals surface area (Å²) < 4.78 is 2.11. The highest BCUT2D eigenvalue weighted by Crippen LogP contribution is 2.31. The van der Waals surface area contributed by atoms with E-state index in [9.17, 15) is 0 Å². The Morgan fingerprint density at radius 3 is 2.71 bits per heavy atom. The summed E-state index contributed by atoms with van der Waals surface area (Å²) >= 11 is 8.65. The van der Waals surface area contributed by atoms with Gasteiger partial charge in [-0.2, -0.15) is 0 Å². The number of halogens is 2. The van der Waals surface area contributed by atoms with E-state index in [2.05, 4.69) is 66.6 Å². The van der Waals surface area contributed by atoms with Crippen molar-refractivity contribution < 1.29 is 0 Å². The Kier molecular flexibility index (Phi) is 4.36. The minimum atomic E-state index is 0.291. The van der Waals surface area contributed by atoms with Crippen molar-refractivity contribution in [2.45, 2.75) is 13.0 Å². The quantitative estimate of drug-likeness (QED) is 0.846. The summed E-state index contributed by atoms with van der Waals surface area (Å²) in [4.78, 5) is 4.64. The Labute approximate surface area is 122 Å². The average Bonchev–Trinajstić information content (AvgIpc) is 2.81. The van der Waals surface area contributed by atoms with Gasteiger partial charge in [0.25, 0.3) is 0 Å². The summed E-state index contributed by atoms with van der Waals surface area (Å²) in [5.41, 5.74) is 2.23. The third kappa shape index (κ3) is 2.96. The summed E-state index contributed by atoms with van der Waals surface area (Å²) in [5.74, 6) is 0. The maximum Gasteiger partial charge on any atom is 0.123 e. The first-order valence-corrected chi connectivity index (χ1v) is 7.66. The van der Waals surface area contributed by atoms with E-state index in [0.717, 1.165) is 25.2 Å². The van der Waals surface area contributed by atoms with Gasteiger partial charge in [-0.1, -0.05) is 6.07 Å². The third-order valence-electron chi connectivity index (χ3n) is 2.57. The molecular formula is C12H12Br2N2S. The molecule has 0 aliphatic heterocycles. The lowest BCUT2D eigenvalue weighted by Crippen LogP contribution is -2.12. The minimum absolute atomic E-state index is 0.291. The van der Waals surface area contributed by atoms with Crippen molar-refractivity contribution in [3.8, 4) is 10.6 Å². The summed E-state index contributed by atoms with van der Waals surface area (Å²) in [5, 5.41) is 6.35. The van der Waals surface area contributed by atoms with Crippen LogP contribution in [0.2, 0.25) is 0 Å². The van der Waals surface area contributed by atoms with Crippen LogP contribution in [0.25, 0.3) is 10.6 Å². The van der Waals surface area contributed by atoms with Gasteiger partial charge >= 0.3 is 0 Å². The second-order valence-corrected chi connectivity index (χ2v) is 6.28. The van der Waals surface area contributed by atoms with Crippen molar-refractivity contribution in [2.75, 3.05) is 7.05 Å². The van der Waals surface area contributed by atoms with Gasteiger partial charge < -0.3 is 5.32 Å². The fraction of sp³-hybridized carbons (Fsp3) is 0.250. The van der Waals surface area contributed by atoms with Crippen molar-refractivity contribution in [1.29, 1.82) is 0 Å². The molecule has 0 aliphatic carbocycles. The zero-order chi connectivity index (χ0) is 12.4. The van der Waals surface area contributed by atoms with Crippen LogP contribution in [0.15, 0.2) is 32.5 Å². The van der Waals surface area contributed by atoms with E-state index >= 15 is 0 Å². The molecule has 0 amide bonds. The van der Waals surface area contributed by atoms with Crippen molar-refractivity contribution in [2.24, 2.45) is 0 Å². The lowest BCUT2D eigenvalue weighted by molar-refractivity contribution is 0.637. The molecule has 5 heteroatoms. The van der Waals surface area contributed by atoms with Crippen molar-refractivity contribution in [3.05, 3.63) is 38.2 Å². The summed E-state index contributed by atoms with van der Waals surface area (Å²) in [6.07, 6.45) is 0. The highest BCUT2D eigenvalue weighted by atomic mass is 79.9. The van der Waals surface area contributed by atoms with Gasteiger partial charge in [0.1, 0.15) is 5.01 Å². The molecule has 1 heterocycles. The SMILES string of the molecule is CNC(C)c1csc(-c2ccc(Br)c(Br)c2)n1. The first-order chi connectivity index (χ1) is 8.11. The van der Waals surface area contributed by atoms with Gasteiger partial charge in [-0.3, -0.25) is 0 Å². The minimum Gasteiger partial charge on any atom is -0.312 e. The number of nitrogens with one attached hydrogen (secondary N) is 1. The molecule has 0 fully saturated rings. The molecule has 0 saturated carbocycles. The third-order valence-corrected chi connectivity index (χ3v) is 5.35. The second-order valence-electron chi connectivity index (χ2n) is 3.72. The van der Waals surface area contributed by atoms with E-state index in [-0.39, 0.29) is 0 Å². The Balaban J connectivity index is 2.33. The molecule has 2 aromatic rings. The van der Waals surface area contributed by atoms with Crippen LogP contribution in [-0.4, -0.2) is 12.0 Å². The molecule has 0 aliphatic rings. The largest absolute Gasteiger partial charge is 0.312 e. The van der Waals surface area contributed by atoms with E-state index in [1.165, 1.54) is 0 Å². The van der Waals surface area contributed by atoms with Crippen LogP contribution in [0.1, 0.15) is 18.7 Å². The van der Waals surface area contributed by atoms with Crippen molar-refractivity contribution in [1.82, 2.24) is 10.3 Å². The Hall–Kier alpha value is -0.230. The van der Waals surface area contributed by atoms with Crippen LogP contribution in [0.3, 0.4) is 0 Å². The number of hydrogen-bond donors (Lipinski definition) is 1. The van der Waals surface area contributed by atoms with Gasteiger partial charge in [0.05, 0.1) is 5.69 Å². The van der Waals surface area contributed by atoms with Gasteiger partial charge in [-0.25, -0.2) is 4.98 Å². The maximum absolute atomic E-state index is 4.64. The van der Waals surface area contributed by atoms with E-state index in [4.69, 9.17) is 0 Å². The fourth-order valence-electron chi connectivity index (χ4n) is 1.39. The van der Waals surface area contributed by atoms with Crippen LogP contribution < -0.4 is 5.32 Å². The van der Waals surface area contributed by atoms with E-state index < -0.39 is 0 Å². The lowest BCUT2D eigenvalue weighted by Gasteiger charge is -2.05. The monoisotopic (exact) mass is 374 g/mol.